The van der Waals surface area contributed by atoms with Crippen LogP contribution in [0, 0.1) is 6.92 Å². The average molecular weight is 479 g/mol. The van der Waals surface area contributed by atoms with Crippen LogP contribution < -0.4 is 4.74 Å². The van der Waals surface area contributed by atoms with Crippen LogP contribution in [0.4, 0.5) is 4.39 Å². The number of rotatable bonds is 8. The van der Waals surface area contributed by atoms with Gasteiger partial charge in [0.25, 0.3) is 5.91 Å². The zero-order valence-electron chi connectivity index (χ0n) is 20.4. The van der Waals surface area contributed by atoms with Crippen molar-refractivity contribution in [2.24, 2.45) is 0 Å². The number of aromatic nitrogens is 2. The number of methoxy groups -OCH3 is 1. The second-order valence-corrected chi connectivity index (χ2v) is 8.60. The Morgan fingerprint density at radius 3 is 2.63 bits per heavy atom. The van der Waals surface area contributed by atoms with Crippen LogP contribution in [0.25, 0.3) is 11.8 Å². The number of morpholine rings is 1. The Bertz CT molecular complexity index is 1170. The van der Waals surface area contributed by atoms with Crippen LogP contribution in [-0.4, -0.2) is 72.3 Å². The summed E-state index contributed by atoms with van der Waals surface area (Å²) in [5.74, 6) is -0.941. The summed E-state index contributed by atoms with van der Waals surface area (Å²) in [6.45, 7) is 5.39. The van der Waals surface area contributed by atoms with E-state index >= 15 is 4.39 Å². The molecule has 1 aliphatic heterocycles. The van der Waals surface area contributed by atoms with Crippen molar-refractivity contribution >= 4 is 12.0 Å². The van der Waals surface area contributed by atoms with Crippen LogP contribution in [0.5, 0.6) is 5.75 Å². The van der Waals surface area contributed by atoms with Crippen LogP contribution in [0.15, 0.2) is 66.9 Å². The van der Waals surface area contributed by atoms with E-state index in [0.29, 0.717) is 31.1 Å². The quantitative estimate of drug-likeness (QED) is 0.458. The smallest absolute Gasteiger partial charge is 0.282 e. The van der Waals surface area contributed by atoms with Crippen LogP contribution in [0.3, 0.4) is 0 Å². The zero-order valence-corrected chi connectivity index (χ0v) is 20.4. The standard InChI is InChI=1S/C27H31FN4O3/c1-20-17-32(19-29-20)24-10-9-21(16-26(24)34-3)15-23(28)27(33)30(2)25(22-7-5-4-6-8-22)18-31-11-13-35-14-12-31/h4-10,15-17,19,25H,11-14,18H2,1-3H3/b23-15-. The number of carbonyl (C=O) groups is 1. The van der Waals surface area contributed by atoms with Gasteiger partial charge in [0.1, 0.15) is 5.75 Å². The maximum atomic E-state index is 15.2. The molecule has 7 nitrogen and oxygen atoms in total. The number of imidazole rings is 1. The van der Waals surface area contributed by atoms with Crippen molar-refractivity contribution in [3.63, 3.8) is 0 Å². The van der Waals surface area contributed by atoms with E-state index in [1.807, 2.05) is 54.1 Å². The van der Waals surface area contributed by atoms with Gasteiger partial charge >= 0.3 is 0 Å². The van der Waals surface area contributed by atoms with Crippen molar-refractivity contribution in [1.82, 2.24) is 19.4 Å². The first-order valence-electron chi connectivity index (χ1n) is 11.6. The highest BCUT2D eigenvalue weighted by Crippen LogP contribution is 2.27. The molecule has 184 valence electrons. The highest BCUT2D eigenvalue weighted by molar-refractivity contribution is 5.95. The van der Waals surface area contributed by atoms with E-state index < -0.39 is 11.7 Å². The predicted octanol–water partition coefficient (Wildman–Crippen LogP) is 4.03. The molecule has 0 saturated carbocycles. The van der Waals surface area contributed by atoms with E-state index in [9.17, 15) is 4.79 Å². The van der Waals surface area contributed by atoms with Crippen LogP contribution in [-0.2, 0) is 9.53 Å². The zero-order chi connectivity index (χ0) is 24.8. The number of benzene rings is 2. The van der Waals surface area contributed by atoms with Gasteiger partial charge < -0.3 is 18.9 Å². The van der Waals surface area contributed by atoms with Gasteiger partial charge in [-0.2, -0.15) is 0 Å². The largest absolute Gasteiger partial charge is 0.495 e. The molecule has 0 bridgehead atoms. The lowest BCUT2D eigenvalue weighted by molar-refractivity contribution is -0.130. The molecule has 8 heteroatoms. The van der Waals surface area contributed by atoms with E-state index in [1.54, 1.807) is 32.6 Å². The third kappa shape index (κ3) is 5.96. The van der Waals surface area contributed by atoms with E-state index in [0.717, 1.165) is 30.0 Å². The molecule has 35 heavy (non-hydrogen) atoms. The van der Waals surface area contributed by atoms with Gasteiger partial charge in [0.15, 0.2) is 5.83 Å². The van der Waals surface area contributed by atoms with Gasteiger partial charge in [-0.3, -0.25) is 9.69 Å². The number of amides is 1. The van der Waals surface area contributed by atoms with E-state index in [4.69, 9.17) is 9.47 Å². The van der Waals surface area contributed by atoms with Crippen molar-refractivity contribution in [3.8, 4) is 11.4 Å². The highest BCUT2D eigenvalue weighted by atomic mass is 19.1. The highest BCUT2D eigenvalue weighted by Gasteiger charge is 2.27. The third-order valence-electron chi connectivity index (χ3n) is 6.20. The molecule has 1 fully saturated rings. The minimum absolute atomic E-state index is 0.289. The second-order valence-electron chi connectivity index (χ2n) is 8.60. The normalized spacial score (nSPS) is 15.6. The van der Waals surface area contributed by atoms with Crippen LogP contribution in [0.2, 0.25) is 0 Å². The molecule has 2 aromatic carbocycles. The molecular formula is C27H31FN4O3. The lowest BCUT2D eigenvalue weighted by Crippen LogP contribution is -2.43. The Labute approximate surface area is 205 Å². The molecule has 0 N–H and O–H groups in total. The summed E-state index contributed by atoms with van der Waals surface area (Å²) in [7, 11) is 3.21. The fraction of sp³-hybridized carbons (Fsp3) is 0.333. The first-order chi connectivity index (χ1) is 17.0. The molecule has 2 heterocycles. The molecule has 0 radical (unpaired) electrons. The maximum Gasteiger partial charge on any atom is 0.282 e. The summed E-state index contributed by atoms with van der Waals surface area (Å²) >= 11 is 0. The number of nitrogens with zero attached hydrogens (tertiary/aromatic N) is 4. The molecule has 1 aromatic heterocycles. The molecule has 3 aromatic rings. The number of carbonyl (C=O) groups excluding carboxylic acids is 1. The Kier molecular flexibility index (Phi) is 7.94. The molecule has 1 unspecified atom stereocenters. The van der Waals surface area contributed by atoms with Crippen molar-refractivity contribution in [2.45, 2.75) is 13.0 Å². The SMILES string of the molecule is COc1cc(/C=C(\F)C(=O)N(C)C(CN2CCOCC2)c2ccccc2)ccc1-n1cnc(C)c1. The van der Waals surface area contributed by atoms with Gasteiger partial charge in [0, 0.05) is 32.9 Å². The molecule has 1 atom stereocenters. The van der Waals surface area contributed by atoms with Gasteiger partial charge in [0.2, 0.25) is 0 Å². The van der Waals surface area contributed by atoms with Crippen molar-refractivity contribution in [3.05, 3.63) is 83.7 Å². The Hall–Kier alpha value is -3.49. The van der Waals surface area contributed by atoms with Gasteiger partial charge in [-0.25, -0.2) is 9.37 Å². The van der Waals surface area contributed by atoms with E-state index in [-0.39, 0.29) is 6.04 Å². The molecule has 0 spiro atoms. The fourth-order valence-electron chi connectivity index (χ4n) is 4.22. The summed E-state index contributed by atoms with van der Waals surface area (Å²) < 4.78 is 28.0. The Morgan fingerprint density at radius 2 is 1.97 bits per heavy atom. The summed E-state index contributed by atoms with van der Waals surface area (Å²) in [5, 5.41) is 0. The maximum absolute atomic E-state index is 15.2. The van der Waals surface area contributed by atoms with Gasteiger partial charge in [-0.15, -0.1) is 0 Å². The lowest BCUT2D eigenvalue weighted by atomic mass is 10.0. The number of ether oxygens (including phenoxy) is 2. The van der Waals surface area contributed by atoms with Crippen LogP contribution >= 0.6 is 0 Å². The predicted molar refractivity (Wildman–Crippen MR) is 133 cm³/mol. The Balaban J connectivity index is 1.56. The molecule has 1 aliphatic rings. The van der Waals surface area contributed by atoms with E-state index in [2.05, 4.69) is 9.88 Å². The summed E-state index contributed by atoms with van der Waals surface area (Å²) in [6.07, 6.45) is 4.83. The summed E-state index contributed by atoms with van der Waals surface area (Å²) in [4.78, 5) is 21.1. The number of likely N-dealkylation sites (N-methyl/N-ethyl adjacent to an activating group) is 1. The molecule has 1 amide bonds. The lowest BCUT2D eigenvalue weighted by Gasteiger charge is -2.35. The summed E-state index contributed by atoms with van der Waals surface area (Å²) in [6, 6.07) is 14.7. The number of hydrogen-bond acceptors (Lipinski definition) is 5. The monoisotopic (exact) mass is 478 g/mol. The van der Waals surface area contributed by atoms with E-state index in [1.165, 1.54) is 11.0 Å². The van der Waals surface area contributed by atoms with Gasteiger partial charge in [0.05, 0.1) is 44.1 Å². The topological polar surface area (TPSA) is 59.8 Å². The van der Waals surface area contributed by atoms with Crippen LogP contribution in [0.1, 0.15) is 22.9 Å². The minimum Gasteiger partial charge on any atom is -0.495 e. The number of hydrogen-bond donors (Lipinski definition) is 0. The van der Waals surface area contributed by atoms with Crippen molar-refractivity contribution in [1.29, 1.82) is 0 Å². The van der Waals surface area contributed by atoms with Crippen molar-refractivity contribution in [2.75, 3.05) is 47.0 Å². The molecule has 1 saturated heterocycles. The third-order valence-corrected chi connectivity index (χ3v) is 6.20. The van der Waals surface area contributed by atoms with Gasteiger partial charge in [-0.05, 0) is 36.3 Å². The number of aryl methyl sites for hydroxylation is 1. The first-order valence-corrected chi connectivity index (χ1v) is 11.6. The summed E-state index contributed by atoms with van der Waals surface area (Å²) in [5.41, 5.74) is 3.15. The minimum atomic E-state index is -0.830. The average Bonchev–Trinajstić information content (AvgIpc) is 3.33. The first kappa shape index (κ1) is 24.6. The fourth-order valence-corrected chi connectivity index (χ4v) is 4.22. The Morgan fingerprint density at radius 1 is 1.23 bits per heavy atom. The molecular weight excluding hydrogens is 447 g/mol. The number of halogens is 1. The van der Waals surface area contributed by atoms with Gasteiger partial charge in [-0.1, -0.05) is 36.4 Å². The molecule has 4 rings (SSSR count). The molecule has 0 aliphatic carbocycles. The van der Waals surface area contributed by atoms with Crippen molar-refractivity contribution < 1.29 is 18.7 Å². The second kappa shape index (κ2) is 11.3.